The van der Waals surface area contributed by atoms with Gasteiger partial charge in [-0.05, 0) is 67.2 Å². The first-order valence-electron chi connectivity index (χ1n) is 11.4. The number of fused-ring (bicyclic) bond motifs is 1. The monoisotopic (exact) mass is 438 g/mol. The molecular formula is C25H30N2O3S. The Morgan fingerprint density at radius 2 is 1.48 bits per heavy atom. The van der Waals surface area contributed by atoms with Crippen LogP contribution in [-0.4, -0.2) is 49.7 Å². The van der Waals surface area contributed by atoms with Crippen molar-refractivity contribution in [3.63, 3.8) is 0 Å². The number of piperidine rings is 2. The molecule has 0 radical (unpaired) electrons. The van der Waals surface area contributed by atoms with Crippen molar-refractivity contribution < 1.29 is 13.2 Å². The van der Waals surface area contributed by atoms with E-state index in [1.165, 1.54) is 15.4 Å². The number of likely N-dealkylation sites (tertiary alicyclic amines) is 1. The topological polar surface area (TPSA) is 57.7 Å². The fraction of sp³-hybridized carbons (Fsp3) is 0.480. The summed E-state index contributed by atoms with van der Waals surface area (Å²) in [6.45, 7) is 2.36. The van der Waals surface area contributed by atoms with Gasteiger partial charge >= 0.3 is 0 Å². The summed E-state index contributed by atoms with van der Waals surface area (Å²) in [7, 11) is -3.55. The molecule has 0 saturated carbocycles. The van der Waals surface area contributed by atoms with Gasteiger partial charge in [0.05, 0.1) is 10.8 Å². The second-order valence-corrected chi connectivity index (χ2v) is 11.4. The number of hydrogen-bond acceptors (Lipinski definition) is 3. The number of sulfonamides is 1. The summed E-state index contributed by atoms with van der Waals surface area (Å²) < 4.78 is 27.5. The third-order valence-corrected chi connectivity index (χ3v) is 9.38. The molecule has 5 nitrogen and oxygen atoms in total. The van der Waals surface area contributed by atoms with Crippen molar-refractivity contribution >= 4 is 15.9 Å². The standard InChI is InChI=1S/C25H30N2O3S/c28-24(22-9-6-14-27(19-22)31(29,30)23-10-2-1-3-11-23)26-15-12-25(13-16-26)17-20-7-4-5-8-21(20)18-25/h1-5,7-8,10-11,22H,6,9,12-19H2. The lowest BCUT2D eigenvalue weighted by atomic mass is 9.75. The summed E-state index contributed by atoms with van der Waals surface area (Å²) in [5, 5.41) is 0. The summed E-state index contributed by atoms with van der Waals surface area (Å²) in [6, 6.07) is 17.3. The highest BCUT2D eigenvalue weighted by Gasteiger charge is 2.42. The maximum atomic E-state index is 13.3. The fourth-order valence-electron chi connectivity index (χ4n) is 5.69. The normalized spacial score (nSPS) is 23.6. The maximum Gasteiger partial charge on any atom is 0.243 e. The number of amides is 1. The van der Waals surface area contributed by atoms with Gasteiger partial charge in [-0.15, -0.1) is 0 Å². The zero-order chi connectivity index (χ0) is 21.5. The van der Waals surface area contributed by atoms with E-state index in [4.69, 9.17) is 0 Å². The molecule has 1 amide bonds. The van der Waals surface area contributed by atoms with Crippen LogP contribution in [0.25, 0.3) is 0 Å². The minimum absolute atomic E-state index is 0.137. The van der Waals surface area contributed by atoms with Gasteiger partial charge in [0.15, 0.2) is 0 Å². The number of carbonyl (C=O) groups is 1. The van der Waals surface area contributed by atoms with E-state index < -0.39 is 10.0 Å². The average Bonchev–Trinajstić information content (AvgIpc) is 3.17. The minimum Gasteiger partial charge on any atom is -0.342 e. The third kappa shape index (κ3) is 3.92. The Kier molecular flexibility index (Phi) is 5.39. The molecule has 2 heterocycles. The quantitative estimate of drug-likeness (QED) is 0.737. The van der Waals surface area contributed by atoms with Crippen LogP contribution in [0.5, 0.6) is 0 Å². The summed E-state index contributed by atoms with van der Waals surface area (Å²) in [4.78, 5) is 15.6. The van der Waals surface area contributed by atoms with Crippen LogP contribution in [0.15, 0.2) is 59.5 Å². The molecule has 1 aliphatic carbocycles. The van der Waals surface area contributed by atoms with Crippen LogP contribution in [0.2, 0.25) is 0 Å². The van der Waals surface area contributed by atoms with E-state index in [0.717, 1.165) is 51.6 Å². The average molecular weight is 439 g/mol. The Bertz CT molecular complexity index is 1030. The first kappa shape index (κ1) is 20.7. The van der Waals surface area contributed by atoms with Crippen molar-refractivity contribution in [1.29, 1.82) is 0 Å². The number of carbonyl (C=O) groups excluding carboxylic acids is 1. The molecule has 6 heteroatoms. The van der Waals surface area contributed by atoms with E-state index in [9.17, 15) is 13.2 Å². The molecule has 2 fully saturated rings. The molecular weight excluding hydrogens is 408 g/mol. The van der Waals surface area contributed by atoms with E-state index in [0.29, 0.717) is 23.4 Å². The van der Waals surface area contributed by atoms with Crippen LogP contribution in [0.4, 0.5) is 0 Å². The molecule has 2 aromatic carbocycles. The highest BCUT2D eigenvalue weighted by atomic mass is 32.2. The predicted octanol–water partition coefficient (Wildman–Crippen LogP) is 3.49. The molecule has 2 aliphatic heterocycles. The van der Waals surface area contributed by atoms with Gasteiger partial charge < -0.3 is 4.90 Å². The second-order valence-electron chi connectivity index (χ2n) is 9.46. The van der Waals surface area contributed by atoms with E-state index in [2.05, 4.69) is 24.3 Å². The number of nitrogens with zero attached hydrogens (tertiary/aromatic N) is 2. The van der Waals surface area contributed by atoms with Crippen LogP contribution in [0.1, 0.15) is 36.8 Å². The molecule has 2 aromatic rings. The number of hydrogen-bond donors (Lipinski definition) is 0. The van der Waals surface area contributed by atoms with Crippen LogP contribution in [0, 0.1) is 11.3 Å². The summed E-state index contributed by atoms with van der Waals surface area (Å²) >= 11 is 0. The minimum atomic E-state index is -3.55. The van der Waals surface area contributed by atoms with Gasteiger partial charge in [0.25, 0.3) is 0 Å². The SMILES string of the molecule is O=C(C1CCCN(S(=O)(=O)c2ccccc2)C1)N1CCC2(CC1)Cc1ccccc1C2. The Balaban J connectivity index is 1.22. The molecule has 0 N–H and O–H groups in total. The van der Waals surface area contributed by atoms with Crippen molar-refractivity contribution in [3.05, 3.63) is 65.7 Å². The van der Waals surface area contributed by atoms with E-state index in [-0.39, 0.29) is 11.8 Å². The van der Waals surface area contributed by atoms with Crippen LogP contribution in [-0.2, 0) is 27.7 Å². The van der Waals surface area contributed by atoms with Crippen molar-refractivity contribution in [1.82, 2.24) is 9.21 Å². The molecule has 1 atom stereocenters. The molecule has 31 heavy (non-hydrogen) atoms. The third-order valence-electron chi connectivity index (χ3n) is 7.50. The van der Waals surface area contributed by atoms with Crippen LogP contribution in [0.3, 0.4) is 0 Å². The largest absolute Gasteiger partial charge is 0.342 e. The molecule has 0 bridgehead atoms. The van der Waals surface area contributed by atoms with Gasteiger partial charge in [-0.1, -0.05) is 42.5 Å². The highest BCUT2D eigenvalue weighted by molar-refractivity contribution is 7.89. The van der Waals surface area contributed by atoms with E-state index in [1.807, 2.05) is 11.0 Å². The van der Waals surface area contributed by atoms with Crippen molar-refractivity contribution in [2.24, 2.45) is 11.3 Å². The number of benzene rings is 2. The maximum absolute atomic E-state index is 13.3. The van der Waals surface area contributed by atoms with Crippen LogP contribution >= 0.6 is 0 Å². The van der Waals surface area contributed by atoms with Gasteiger partial charge in [0.2, 0.25) is 15.9 Å². The fourth-order valence-corrected chi connectivity index (χ4v) is 7.23. The summed E-state index contributed by atoms with van der Waals surface area (Å²) in [5.41, 5.74) is 3.24. The van der Waals surface area contributed by atoms with E-state index in [1.54, 1.807) is 24.3 Å². The zero-order valence-electron chi connectivity index (χ0n) is 17.9. The summed E-state index contributed by atoms with van der Waals surface area (Å²) in [5.74, 6) is -0.0969. The van der Waals surface area contributed by atoms with Gasteiger partial charge in [-0.3, -0.25) is 4.79 Å². The van der Waals surface area contributed by atoms with Gasteiger partial charge in [0.1, 0.15) is 0 Å². The molecule has 0 aromatic heterocycles. The first-order chi connectivity index (χ1) is 15.0. The molecule has 1 spiro atoms. The highest BCUT2D eigenvalue weighted by Crippen LogP contribution is 2.44. The molecule has 2 saturated heterocycles. The molecule has 164 valence electrons. The smallest absolute Gasteiger partial charge is 0.243 e. The lowest BCUT2D eigenvalue weighted by Crippen LogP contribution is -2.50. The summed E-state index contributed by atoms with van der Waals surface area (Å²) in [6.07, 6.45) is 5.82. The van der Waals surface area contributed by atoms with Crippen LogP contribution < -0.4 is 0 Å². The molecule has 1 unspecified atom stereocenters. The van der Waals surface area contributed by atoms with Gasteiger partial charge in [0, 0.05) is 26.2 Å². The Morgan fingerprint density at radius 1 is 0.871 bits per heavy atom. The predicted molar refractivity (Wildman–Crippen MR) is 120 cm³/mol. The Hall–Kier alpha value is -2.18. The lowest BCUT2D eigenvalue weighted by Gasteiger charge is -2.41. The Labute approximate surface area is 185 Å². The molecule has 3 aliphatic rings. The van der Waals surface area contributed by atoms with E-state index >= 15 is 0 Å². The van der Waals surface area contributed by atoms with Crippen molar-refractivity contribution in [3.8, 4) is 0 Å². The number of rotatable bonds is 3. The molecule has 5 rings (SSSR count). The van der Waals surface area contributed by atoms with Gasteiger partial charge in [-0.25, -0.2) is 8.42 Å². The lowest BCUT2D eigenvalue weighted by molar-refractivity contribution is -0.139. The van der Waals surface area contributed by atoms with Crippen molar-refractivity contribution in [2.75, 3.05) is 26.2 Å². The van der Waals surface area contributed by atoms with Crippen molar-refractivity contribution in [2.45, 2.75) is 43.4 Å². The zero-order valence-corrected chi connectivity index (χ0v) is 18.7. The second kappa shape index (κ2) is 8.06. The first-order valence-corrected chi connectivity index (χ1v) is 12.8. The Morgan fingerprint density at radius 3 is 2.13 bits per heavy atom. The van der Waals surface area contributed by atoms with Gasteiger partial charge in [-0.2, -0.15) is 4.31 Å².